The molecule has 0 aromatic heterocycles. The lowest BCUT2D eigenvalue weighted by molar-refractivity contribution is 0.0991. The molecular formula is C16H10F4O4S. The standard InChI is InChI=1S/C16H10F4O4S/c17-8-5-9(18)7-10(6-8)24-13-3-4-14(25(22,23)16(19)20)15-11(13)1-2-12(15)21/h3-7,16H,1-2H2. The van der Waals surface area contributed by atoms with Crippen molar-refractivity contribution in [3.8, 4) is 11.5 Å². The van der Waals surface area contributed by atoms with Gasteiger partial charge in [-0.05, 0) is 18.6 Å². The molecule has 2 aromatic rings. The molecule has 0 amide bonds. The number of benzene rings is 2. The van der Waals surface area contributed by atoms with Gasteiger partial charge >= 0.3 is 5.76 Å². The molecular weight excluding hydrogens is 364 g/mol. The number of rotatable bonds is 4. The van der Waals surface area contributed by atoms with Crippen molar-refractivity contribution in [2.24, 2.45) is 0 Å². The molecule has 132 valence electrons. The topological polar surface area (TPSA) is 60.4 Å². The number of carbonyl (C=O) groups excluding carboxylic acids is 1. The van der Waals surface area contributed by atoms with Gasteiger partial charge in [0.15, 0.2) is 5.78 Å². The fourth-order valence-electron chi connectivity index (χ4n) is 2.67. The van der Waals surface area contributed by atoms with Crippen LogP contribution >= 0.6 is 0 Å². The molecule has 0 spiro atoms. The molecule has 4 nitrogen and oxygen atoms in total. The van der Waals surface area contributed by atoms with Crippen LogP contribution in [0.4, 0.5) is 17.6 Å². The largest absolute Gasteiger partial charge is 0.457 e. The Bertz CT molecular complexity index is 950. The van der Waals surface area contributed by atoms with Gasteiger partial charge in [0, 0.05) is 35.7 Å². The van der Waals surface area contributed by atoms with Crippen molar-refractivity contribution in [2.75, 3.05) is 0 Å². The number of halogens is 4. The number of ether oxygens (including phenoxy) is 1. The normalized spacial score (nSPS) is 14.0. The molecule has 0 bridgehead atoms. The lowest BCUT2D eigenvalue weighted by Crippen LogP contribution is -2.15. The fraction of sp³-hybridized carbons (Fsp3) is 0.188. The van der Waals surface area contributed by atoms with E-state index in [1.165, 1.54) is 0 Å². The van der Waals surface area contributed by atoms with Crippen molar-refractivity contribution in [3.05, 3.63) is 53.1 Å². The Morgan fingerprint density at radius 1 is 1.00 bits per heavy atom. The molecule has 9 heteroatoms. The van der Waals surface area contributed by atoms with Gasteiger partial charge in [0.25, 0.3) is 0 Å². The predicted molar refractivity (Wildman–Crippen MR) is 78.7 cm³/mol. The molecule has 25 heavy (non-hydrogen) atoms. The maximum atomic E-state index is 13.2. The number of Topliss-reactive ketones (excluding diaryl/α,β-unsaturated/α-hetero) is 1. The van der Waals surface area contributed by atoms with E-state index in [1.807, 2.05) is 0 Å². The predicted octanol–water partition coefficient (Wildman–Crippen LogP) is 3.88. The van der Waals surface area contributed by atoms with E-state index in [9.17, 15) is 30.8 Å². The van der Waals surface area contributed by atoms with E-state index in [1.54, 1.807) is 0 Å². The van der Waals surface area contributed by atoms with Crippen molar-refractivity contribution in [1.82, 2.24) is 0 Å². The van der Waals surface area contributed by atoms with Crippen LogP contribution in [-0.4, -0.2) is 20.0 Å². The number of hydrogen-bond donors (Lipinski definition) is 0. The molecule has 1 aliphatic rings. The van der Waals surface area contributed by atoms with Gasteiger partial charge in [0.1, 0.15) is 23.1 Å². The first kappa shape index (κ1) is 17.4. The molecule has 0 radical (unpaired) electrons. The van der Waals surface area contributed by atoms with Crippen molar-refractivity contribution in [1.29, 1.82) is 0 Å². The van der Waals surface area contributed by atoms with Gasteiger partial charge < -0.3 is 4.74 Å². The molecule has 2 aromatic carbocycles. The second-order valence-electron chi connectivity index (χ2n) is 5.35. The third-order valence-electron chi connectivity index (χ3n) is 3.72. The second-order valence-corrected chi connectivity index (χ2v) is 7.24. The number of ketones is 1. The maximum Gasteiger partial charge on any atom is 0.341 e. The summed E-state index contributed by atoms with van der Waals surface area (Å²) < 4.78 is 81.0. The van der Waals surface area contributed by atoms with Crippen LogP contribution in [0.3, 0.4) is 0 Å². The minimum atomic E-state index is -4.97. The van der Waals surface area contributed by atoms with Gasteiger partial charge in [-0.3, -0.25) is 4.79 Å². The summed E-state index contributed by atoms with van der Waals surface area (Å²) in [6, 6.07) is 4.37. The Kier molecular flexibility index (Phi) is 4.28. The van der Waals surface area contributed by atoms with Gasteiger partial charge in [-0.1, -0.05) is 0 Å². The Morgan fingerprint density at radius 2 is 1.64 bits per heavy atom. The molecule has 0 aliphatic heterocycles. The van der Waals surface area contributed by atoms with Crippen molar-refractivity contribution >= 4 is 15.6 Å². The quantitative estimate of drug-likeness (QED) is 0.762. The van der Waals surface area contributed by atoms with E-state index in [4.69, 9.17) is 4.74 Å². The average Bonchev–Trinajstić information content (AvgIpc) is 2.89. The molecule has 0 N–H and O–H groups in total. The van der Waals surface area contributed by atoms with Crippen molar-refractivity contribution in [3.63, 3.8) is 0 Å². The second kappa shape index (κ2) is 6.14. The minimum Gasteiger partial charge on any atom is -0.457 e. The van der Waals surface area contributed by atoms with E-state index < -0.39 is 37.9 Å². The third kappa shape index (κ3) is 3.11. The van der Waals surface area contributed by atoms with Crippen molar-refractivity contribution < 1.29 is 35.5 Å². The van der Waals surface area contributed by atoms with Crippen LogP contribution in [0.25, 0.3) is 0 Å². The van der Waals surface area contributed by atoms with Crippen LogP contribution in [0.2, 0.25) is 0 Å². The number of alkyl halides is 2. The summed E-state index contributed by atoms with van der Waals surface area (Å²) in [7, 11) is -4.97. The van der Waals surface area contributed by atoms with E-state index in [-0.39, 0.29) is 35.5 Å². The fourth-order valence-corrected chi connectivity index (χ4v) is 3.64. The first-order valence-corrected chi connectivity index (χ1v) is 8.60. The number of fused-ring (bicyclic) bond motifs is 1. The number of hydrogen-bond acceptors (Lipinski definition) is 4. The molecule has 0 atom stereocenters. The van der Waals surface area contributed by atoms with Gasteiger partial charge in [-0.25, -0.2) is 17.2 Å². The Balaban J connectivity index is 2.11. The van der Waals surface area contributed by atoms with Gasteiger partial charge in [0.2, 0.25) is 9.84 Å². The highest BCUT2D eigenvalue weighted by Gasteiger charge is 2.36. The van der Waals surface area contributed by atoms with Crippen LogP contribution in [0.15, 0.2) is 35.2 Å². The van der Waals surface area contributed by atoms with E-state index in [0.717, 1.165) is 24.3 Å². The maximum absolute atomic E-state index is 13.2. The van der Waals surface area contributed by atoms with Gasteiger partial charge in [-0.2, -0.15) is 8.78 Å². The molecule has 3 rings (SSSR count). The van der Waals surface area contributed by atoms with Crippen LogP contribution in [0, 0.1) is 11.6 Å². The summed E-state index contributed by atoms with van der Waals surface area (Å²) in [6.07, 6.45) is 0.00682. The highest BCUT2D eigenvalue weighted by Crippen LogP contribution is 2.38. The zero-order chi connectivity index (χ0) is 18.4. The zero-order valence-electron chi connectivity index (χ0n) is 12.4. The zero-order valence-corrected chi connectivity index (χ0v) is 13.2. The van der Waals surface area contributed by atoms with Crippen LogP contribution < -0.4 is 4.74 Å². The van der Waals surface area contributed by atoms with Crippen LogP contribution in [0.1, 0.15) is 22.3 Å². The smallest absolute Gasteiger partial charge is 0.341 e. The molecule has 1 aliphatic carbocycles. The average molecular weight is 374 g/mol. The first-order valence-electron chi connectivity index (χ1n) is 7.05. The summed E-state index contributed by atoms with van der Waals surface area (Å²) >= 11 is 0. The number of carbonyl (C=O) groups is 1. The SMILES string of the molecule is O=C1CCc2c(Oc3cc(F)cc(F)c3)ccc(S(=O)(=O)C(F)F)c21. The van der Waals surface area contributed by atoms with Gasteiger partial charge in [0.05, 0.1) is 4.90 Å². The molecule has 0 heterocycles. The van der Waals surface area contributed by atoms with Crippen LogP contribution in [0.5, 0.6) is 11.5 Å². The Morgan fingerprint density at radius 3 is 2.24 bits per heavy atom. The molecule has 0 saturated heterocycles. The highest BCUT2D eigenvalue weighted by molar-refractivity contribution is 7.91. The first-order chi connectivity index (χ1) is 11.7. The van der Waals surface area contributed by atoms with E-state index >= 15 is 0 Å². The lowest BCUT2D eigenvalue weighted by atomic mass is 10.1. The molecule has 0 unspecified atom stereocenters. The third-order valence-corrected chi connectivity index (χ3v) is 5.14. The summed E-state index contributed by atoms with van der Waals surface area (Å²) in [6.45, 7) is 0. The summed E-state index contributed by atoms with van der Waals surface area (Å²) in [5.74, 6) is -6.28. The minimum absolute atomic E-state index is 0.0148. The lowest BCUT2D eigenvalue weighted by Gasteiger charge is -2.13. The molecule has 0 saturated carbocycles. The number of sulfone groups is 1. The van der Waals surface area contributed by atoms with Crippen molar-refractivity contribution in [2.45, 2.75) is 23.5 Å². The summed E-state index contributed by atoms with van der Waals surface area (Å²) in [5, 5.41) is 0. The summed E-state index contributed by atoms with van der Waals surface area (Å²) in [5.41, 5.74) is -0.230. The van der Waals surface area contributed by atoms with Crippen LogP contribution in [-0.2, 0) is 16.3 Å². The molecule has 0 fully saturated rings. The summed E-state index contributed by atoms with van der Waals surface area (Å²) in [4.78, 5) is 11.2. The van der Waals surface area contributed by atoms with Gasteiger partial charge in [-0.15, -0.1) is 0 Å². The van der Waals surface area contributed by atoms with E-state index in [0.29, 0.717) is 6.07 Å². The van der Waals surface area contributed by atoms with E-state index in [2.05, 4.69) is 0 Å². The highest BCUT2D eigenvalue weighted by atomic mass is 32.2. The Labute approximate surface area is 140 Å². The Hall–Kier alpha value is -2.42. The monoisotopic (exact) mass is 374 g/mol.